The van der Waals surface area contributed by atoms with Gasteiger partial charge in [0.1, 0.15) is 30.5 Å². The summed E-state index contributed by atoms with van der Waals surface area (Å²) in [6, 6.07) is 0. The Morgan fingerprint density at radius 1 is 0.591 bits per heavy atom. The minimum atomic E-state index is -5.07. The molecule has 1 saturated heterocycles. The molecule has 1 aliphatic heterocycles. The SMILES string of the molecule is CC/C=C\C/C=C\C/C=C\C/C=C\CCCCCCCCC(=O)OC(COCCCCCCCCCCCCCCCCCCCCCC)COC1OC(CO)C(O)C(OS(=O)(=O)O)C1O. The lowest BCUT2D eigenvalue weighted by molar-refractivity contribution is -0.301. The smallest absolute Gasteiger partial charge is 0.397 e. The minimum absolute atomic E-state index is 0.0317. The highest BCUT2D eigenvalue weighted by molar-refractivity contribution is 7.80. The van der Waals surface area contributed by atoms with Crippen LogP contribution in [0, 0.1) is 0 Å². The molecule has 0 bridgehead atoms. The zero-order chi connectivity index (χ0) is 48.2. The molecule has 1 aliphatic rings. The van der Waals surface area contributed by atoms with Gasteiger partial charge in [0.25, 0.3) is 0 Å². The van der Waals surface area contributed by atoms with Crippen molar-refractivity contribution in [2.45, 2.75) is 256 Å². The van der Waals surface area contributed by atoms with Gasteiger partial charge in [0.2, 0.25) is 0 Å². The van der Waals surface area contributed by atoms with Crippen LogP contribution in [-0.4, -0.2) is 97.5 Å². The lowest BCUT2D eigenvalue weighted by atomic mass is 9.99. The molecule has 0 radical (unpaired) electrons. The van der Waals surface area contributed by atoms with E-state index in [4.69, 9.17) is 18.9 Å². The van der Waals surface area contributed by atoms with Crippen LogP contribution in [0.5, 0.6) is 0 Å². The first-order valence-electron chi connectivity index (χ1n) is 26.4. The van der Waals surface area contributed by atoms with Gasteiger partial charge >= 0.3 is 16.4 Å². The summed E-state index contributed by atoms with van der Waals surface area (Å²) >= 11 is 0. The number of ether oxygens (including phenoxy) is 4. The first-order chi connectivity index (χ1) is 32.1. The van der Waals surface area contributed by atoms with E-state index in [9.17, 15) is 33.1 Å². The van der Waals surface area contributed by atoms with Crippen LogP contribution in [0.3, 0.4) is 0 Å². The molecule has 0 saturated carbocycles. The Hall–Kier alpha value is -1.94. The summed E-state index contributed by atoms with van der Waals surface area (Å²) in [4.78, 5) is 12.9. The van der Waals surface area contributed by atoms with E-state index in [2.05, 4.69) is 66.6 Å². The molecule has 0 aromatic heterocycles. The van der Waals surface area contributed by atoms with Crippen LogP contribution in [0.1, 0.15) is 219 Å². The van der Waals surface area contributed by atoms with Crippen molar-refractivity contribution >= 4 is 16.4 Å². The summed E-state index contributed by atoms with van der Waals surface area (Å²) in [5.74, 6) is -0.410. The van der Waals surface area contributed by atoms with Crippen LogP contribution < -0.4 is 0 Å². The molecule has 0 spiro atoms. The molecule has 6 atom stereocenters. The largest absolute Gasteiger partial charge is 0.457 e. The van der Waals surface area contributed by atoms with Crippen LogP contribution in [0.15, 0.2) is 48.6 Å². The average molecular weight is 957 g/mol. The van der Waals surface area contributed by atoms with Gasteiger partial charge in [-0.1, -0.05) is 210 Å². The topological polar surface area (TPSA) is 178 Å². The van der Waals surface area contributed by atoms with E-state index in [1.807, 2.05) is 0 Å². The van der Waals surface area contributed by atoms with Crippen molar-refractivity contribution in [2.75, 3.05) is 26.4 Å². The molecule has 386 valence electrons. The Kier molecular flexibility index (Phi) is 41.6. The molecular weight excluding hydrogens is 861 g/mol. The van der Waals surface area contributed by atoms with Gasteiger partial charge in [-0.05, 0) is 51.4 Å². The lowest BCUT2D eigenvalue weighted by Gasteiger charge is -2.41. The zero-order valence-corrected chi connectivity index (χ0v) is 42.3. The fourth-order valence-electron chi connectivity index (χ4n) is 8.02. The molecule has 1 heterocycles. The van der Waals surface area contributed by atoms with E-state index in [0.717, 1.165) is 83.5 Å². The summed E-state index contributed by atoms with van der Waals surface area (Å²) < 4.78 is 59.3. The molecule has 0 aromatic carbocycles. The molecule has 6 unspecified atom stereocenters. The third kappa shape index (κ3) is 37.0. The van der Waals surface area contributed by atoms with Crippen LogP contribution in [0.4, 0.5) is 0 Å². The summed E-state index contributed by atoms with van der Waals surface area (Å²) in [6.45, 7) is 3.89. The van der Waals surface area contributed by atoms with Gasteiger partial charge in [0.15, 0.2) is 6.29 Å². The van der Waals surface area contributed by atoms with E-state index in [-0.39, 0.29) is 19.6 Å². The van der Waals surface area contributed by atoms with Crippen molar-refractivity contribution in [1.82, 2.24) is 0 Å². The van der Waals surface area contributed by atoms with Gasteiger partial charge in [0.05, 0.1) is 19.8 Å². The molecule has 12 nitrogen and oxygen atoms in total. The highest BCUT2D eigenvalue weighted by atomic mass is 32.3. The number of rotatable bonds is 46. The van der Waals surface area contributed by atoms with Crippen molar-refractivity contribution < 1.29 is 56.2 Å². The average Bonchev–Trinajstić information content (AvgIpc) is 3.29. The number of carbonyl (C=O) groups is 1. The quantitative estimate of drug-likeness (QED) is 0.0197. The second-order valence-electron chi connectivity index (χ2n) is 18.1. The number of esters is 1. The Labute approximate surface area is 402 Å². The third-order valence-corrected chi connectivity index (χ3v) is 12.4. The fourth-order valence-corrected chi connectivity index (χ4v) is 8.53. The van der Waals surface area contributed by atoms with Crippen LogP contribution in [0.2, 0.25) is 0 Å². The molecule has 0 aromatic rings. The molecule has 13 heteroatoms. The van der Waals surface area contributed by atoms with E-state index >= 15 is 0 Å². The first-order valence-corrected chi connectivity index (χ1v) is 27.8. The van der Waals surface area contributed by atoms with Crippen LogP contribution in [0.25, 0.3) is 0 Å². The van der Waals surface area contributed by atoms with Crippen molar-refractivity contribution in [1.29, 1.82) is 0 Å². The zero-order valence-electron chi connectivity index (χ0n) is 41.5. The summed E-state index contributed by atoms with van der Waals surface area (Å²) in [5, 5.41) is 30.8. The van der Waals surface area contributed by atoms with Crippen molar-refractivity contribution in [3.63, 3.8) is 0 Å². The maximum Gasteiger partial charge on any atom is 0.397 e. The van der Waals surface area contributed by atoms with Crippen molar-refractivity contribution in [3.8, 4) is 0 Å². The van der Waals surface area contributed by atoms with E-state index < -0.39 is 59.8 Å². The van der Waals surface area contributed by atoms with E-state index in [0.29, 0.717) is 13.0 Å². The minimum Gasteiger partial charge on any atom is -0.457 e. The van der Waals surface area contributed by atoms with E-state index in [1.165, 1.54) is 109 Å². The summed E-state index contributed by atoms with van der Waals surface area (Å²) in [5.41, 5.74) is 0. The van der Waals surface area contributed by atoms with Gasteiger partial charge in [0, 0.05) is 13.0 Å². The maximum atomic E-state index is 12.9. The Morgan fingerprint density at radius 2 is 1.05 bits per heavy atom. The second kappa shape index (κ2) is 44.3. The maximum absolute atomic E-state index is 12.9. The first kappa shape index (κ1) is 62.1. The molecule has 0 aliphatic carbocycles. The number of aliphatic hydroxyl groups is 3. The molecule has 0 amide bonds. The predicted molar refractivity (Wildman–Crippen MR) is 266 cm³/mol. The standard InChI is InChI=1S/C53H96O12S/c1-3-5-7-9-11-13-15-17-19-21-23-25-27-29-31-33-35-37-39-41-43-61-45-47(46-62-53-51(57)52(65-66(58,59)60)50(56)48(44-54)64-53)63-49(55)42-40-38-36-34-32-30-28-26-24-22-20-18-16-14-12-10-8-6-4-2/h6,8,12,14,18,20,24,26,47-48,50-54,56-57H,3-5,7,9-11,13,15-17,19,21-23,25,27-46H2,1-2H3,(H,58,59,60)/b8-6-,14-12-,20-18-,26-24-. The number of aliphatic hydroxyl groups excluding tert-OH is 3. The number of hydrogen-bond acceptors (Lipinski definition) is 11. The monoisotopic (exact) mass is 957 g/mol. The normalized spacial score (nSPS) is 19.9. The lowest BCUT2D eigenvalue weighted by Crippen LogP contribution is -2.60. The molecule has 66 heavy (non-hydrogen) atoms. The van der Waals surface area contributed by atoms with Gasteiger partial charge in [-0.3, -0.25) is 9.35 Å². The Bertz CT molecular complexity index is 1340. The predicted octanol–water partition coefficient (Wildman–Crippen LogP) is 12.3. The molecule has 4 N–H and O–H groups in total. The molecule has 1 rings (SSSR count). The molecular formula is C53H96O12S. The molecule has 1 fully saturated rings. The highest BCUT2D eigenvalue weighted by Gasteiger charge is 2.48. The number of allylic oxidation sites excluding steroid dienone is 8. The van der Waals surface area contributed by atoms with E-state index in [1.54, 1.807) is 0 Å². The summed E-state index contributed by atoms with van der Waals surface area (Å²) in [6.07, 6.45) is 45.7. The van der Waals surface area contributed by atoms with Crippen LogP contribution >= 0.6 is 0 Å². The number of hydrogen-bond donors (Lipinski definition) is 4. The van der Waals surface area contributed by atoms with Gasteiger partial charge < -0.3 is 34.3 Å². The van der Waals surface area contributed by atoms with Crippen molar-refractivity contribution in [3.05, 3.63) is 48.6 Å². The third-order valence-electron chi connectivity index (χ3n) is 12.0. The van der Waals surface area contributed by atoms with Crippen LogP contribution in [-0.2, 0) is 38.3 Å². The number of unbranched alkanes of at least 4 members (excludes halogenated alkanes) is 25. The van der Waals surface area contributed by atoms with Gasteiger partial charge in [-0.2, -0.15) is 8.42 Å². The van der Waals surface area contributed by atoms with Gasteiger partial charge in [-0.25, -0.2) is 4.18 Å². The van der Waals surface area contributed by atoms with Gasteiger partial charge in [-0.15, -0.1) is 0 Å². The Balaban J connectivity index is 2.35. The summed E-state index contributed by atoms with van der Waals surface area (Å²) in [7, 11) is -5.07. The number of carbonyl (C=O) groups excluding carboxylic acids is 1. The van der Waals surface area contributed by atoms with Crippen molar-refractivity contribution in [2.24, 2.45) is 0 Å². The second-order valence-corrected chi connectivity index (χ2v) is 19.1. The highest BCUT2D eigenvalue weighted by Crippen LogP contribution is 2.26. The Morgan fingerprint density at radius 3 is 1.53 bits per heavy atom. The fraction of sp³-hybridized carbons (Fsp3) is 0.830.